The fourth-order valence-electron chi connectivity index (χ4n) is 0.516. The van der Waals surface area contributed by atoms with Crippen molar-refractivity contribution in [2.75, 3.05) is 26.9 Å². The van der Waals surface area contributed by atoms with Crippen molar-refractivity contribution in [2.45, 2.75) is 13.8 Å². The minimum atomic E-state index is -2.44. The zero-order valence-electron chi connectivity index (χ0n) is 9.11. The Morgan fingerprint density at radius 3 is 1.86 bits per heavy atom. The molecule has 0 saturated heterocycles. The lowest BCUT2D eigenvalue weighted by molar-refractivity contribution is 0.195. The predicted octanol–water partition coefficient (Wildman–Crippen LogP) is 0.894. The summed E-state index contributed by atoms with van der Waals surface area (Å²) in [6.45, 7) is 6.24. The van der Waals surface area contributed by atoms with Crippen LogP contribution in [0.1, 0.15) is 13.8 Å². The van der Waals surface area contributed by atoms with E-state index in [9.17, 15) is 4.89 Å². The molecule has 0 heterocycles. The van der Waals surface area contributed by atoms with E-state index in [1.165, 1.54) is 0 Å². The van der Waals surface area contributed by atoms with Crippen molar-refractivity contribution in [3.05, 3.63) is 0 Å². The molecular weight excluding hydrogens is 223 g/mol. The van der Waals surface area contributed by atoms with Gasteiger partial charge in [-0.25, -0.2) is 0 Å². The summed E-state index contributed by atoms with van der Waals surface area (Å²) in [5.41, 5.74) is 4.91. The molecule has 0 aromatic rings. The maximum atomic E-state index is 9.18. The van der Waals surface area contributed by atoms with Crippen LogP contribution in [0.4, 0.5) is 0 Å². The van der Waals surface area contributed by atoms with Gasteiger partial charge in [-0.15, -0.1) is 0 Å². The fourth-order valence-corrected chi connectivity index (χ4v) is 1.55. The summed E-state index contributed by atoms with van der Waals surface area (Å²) >= 11 is 4.36. The van der Waals surface area contributed by atoms with E-state index < -0.39 is 7.94 Å². The van der Waals surface area contributed by atoms with Crippen LogP contribution in [0.25, 0.3) is 0 Å². The Morgan fingerprint density at radius 1 is 1.43 bits per heavy atom. The van der Waals surface area contributed by atoms with Crippen LogP contribution in [0, 0.1) is 0 Å². The van der Waals surface area contributed by atoms with Crippen LogP contribution in [-0.4, -0.2) is 36.9 Å². The third-order valence-electron chi connectivity index (χ3n) is 0.984. The van der Waals surface area contributed by atoms with Crippen molar-refractivity contribution < 1.29 is 13.9 Å². The van der Waals surface area contributed by atoms with Crippen molar-refractivity contribution in [2.24, 2.45) is 5.73 Å². The number of thiocarbonyl (C=S) groups is 1. The second-order valence-corrected chi connectivity index (χ2v) is 4.81. The molecule has 0 aromatic heterocycles. The van der Waals surface area contributed by atoms with Gasteiger partial charge in [-0.1, -0.05) is 0 Å². The Morgan fingerprint density at radius 2 is 1.71 bits per heavy atom. The van der Waals surface area contributed by atoms with Gasteiger partial charge in [0, 0.05) is 7.05 Å². The largest absolute Gasteiger partial charge is 0.405 e. The van der Waals surface area contributed by atoms with E-state index in [4.69, 9.17) is 14.8 Å². The average Bonchev–Trinajstić information content (AvgIpc) is 2.05. The third-order valence-corrected chi connectivity index (χ3v) is 2.66. The molecule has 14 heavy (non-hydrogen) atoms. The highest BCUT2D eigenvalue weighted by Gasteiger charge is 2.31. The molecule has 7 heteroatoms. The molecule has 0 rings (SSSR count). The van der Waals surface area contributed by atoms with Gasteiger partial charge >= 0.3 is 7.94 Å². The molecule has 0 amide bonds. The first kappa shape index (κ1) is 16.4. The van der Waals surface area contributed by atoms with Gasteiger partial charge in [-0.3, -0.25) is 0 Å². The SMILES string of the molecule is CCO[P+](C)(O)OCC.CNC(N)=S. The van der Waals surface area contributed by atoms with Crippen molar-refractivity contribution in [1.82, 2.24) is 5.32 Å². The lowest BCUT2D eigenvalue weighted by atomic mass is 10.9. The number of hydrogen-bond acceptors (Lipinski definition) is 4. The maximum Gasteiger partial charge on any atom is 0.405 e. The maximum absolute atomic E-state index is 9.18. The molecule has 0 aliphatic rings. The second kappa shape index (κ2) is 9.55. The first-order valence-corrected chi connectivity index (χ1v) is 6.68. The molecule has 0 saturated carbocycles. The smallest absolute Gasteiger partial charge is 0.376 e. The Bertz CT molecular complexity index is 150. The molecule has 0 atom stereocenters. The van der Waals surface area contributed by atoms with E-state index in [0.29, 0.717) is 18.3 Å². The van der Waals surface area contributed by atoms with E-state index in [1.807, 2.05) is 13.8 Å². The summed E-state index contributed by atoms with van der Waals surface area (Å²) in [5, 5.41) is 2.88. The number of hydrogen-bond donors (Lipinski definition) is 3. The molecule has 0 spiro atoms. The van der Waals surface area contributed by atoms with Crippen LogP contribution >= 0.6 is 20.2 Å². The summed E-state index contributed by atoms with van der Waals surface area (Å²) in [6, 6.07) is 0. The van der Waals surface area contributed by atoms with Gasteiger partial charge in [-0.2, -0.15) is 13.9 Å². The van der Waals surface area contributed by atoms with Crippen molar-refractivity contribution in [3.63, 3.8) is 0 Å². The highest BCUT2D eigenvalue weighted by Crippen LogP contribution is 2.52. The molecule has 0 fully saturated rings. The predicted molar refractivity (Wildman–Crippen MR) is 64.2 cm³/mol. The second-order valence-electron chi connectivity index (χ2n) is 2.25. The quantitative estimate of drug-likeness (QED) is 0.503. The molecular formula is C7H20N2O3PS+. The lowest BCUT2D eigenvalue weighted by Gasteiger charge is -2.09. The van der Waals surface area contributed by atoms with Gasteiger partial charge in [0.15, 0.2) is 5.11 Å². The highest BCUT2D eigenvalue weighted by atomic mass is 32.1. The summed E-state index contributed by atoms with van der Waals surface area (Å²) < 4.78 is 9.83. The van der Waals surface area contributed by atoms with E-state index >= 15 is 0 Å². The van der Waals surface area contributed by atoms with Crippen LogP contribution in [-0.2, 0) is 9.05 Å². The van der Waals surface area contributed by atoms with Gasteiger partial charge in [0.2, 0.25) is 0 Å². The van der Waals surface area contributed by atoms with Crippen molar-refractivity contribution in [1.29, 1.82) is 0 Å². The standard InChI is InChI=1S/C5H14O3P.C2H6N2S/c1-4-7-9(3,6)8-5-2;1-4-2(3)5/h6H,4-5H2,1-3H3;1H3,(H3,3,4,5)/q+1;. The molecule has 0 radical (unpaired) electrons. The zero-order chi connectivity index (χ0) is 11.6. The number of rotatable bonds is 4. The Hall–Kier alpha value is 0.0000000000000000278. The molecule has 4 N–H and O–H groups in total. The molecule has 0 aromatic carbocycles. The molecule has 0 aliphatic carbocycles. The van der Waals surface area contributed by atoms with Crippen molar-refractivity contribution >= 4 is 25.3 Å². The molecule has 0 unspecified atom stereocenters. The highest BCUT2D eigenvalue weighted by molar-refractivity contribution is 7.80. The average molecular weight is 243 g/mol. The van der Waals surface area contributed by atoms with Gasteiger partial charge in [0.05, 0.1) is 13.2 Å². The minimum absolute atomic E-state index is 0.338. The molecule has 0 bridgehead atoms. The van der Waals surface area contributed by atoms with E-state index in [1.54, 1.807) is 13.7 Å². The Labute approximate surface area is 91.5 Å². The third kappa shape index (κ3) is 14.5. The summed E-state index contributed by atoms with van der Waals surface area (Å²) in [6.07, 6.45) is 0. The number of nitrogens with one attached hydrogen (secondary N) is 1. The molecule has 86 valence electrons. The van der Waals surface area contributed by atoms with Crippen LogP contribution < -0.4 is 11.1 Å². The number of nitrogens with two attached hydrogens (primary N) is 1. The van der Waals surface area contributed by atoms with E-state index in [0.717, 1.165) is 0 Å². The topological polar surface area (TPSA) is 76.7 Å². The van der Waals surface area contributed by atoms with E-state index in [-0.39, 0.29) is 0 Å². The van der Waals surface area contributed by atoms with E-state index in [2.05, 4.69) is 17.5 Å². The minimum Gasteiger partial charge on any atom is -0.376 e. The molecule has 0 aliphatic heterocycles. The van der Waals surface area contributed by atoms with Crippen LogP contribution in [0.2, 0.25) is 0 Å². The van der Waals surface area contributed by atoms with Crippen molar-refractivity contribution in [3.8, 4) is 0 Å². The van der Waals surface area contributed by atoms with Crippen LogP contribution in [0.15, 0.2) is 0 Å². The lowest BCUT2D eigenvalue weighted by Crippen LogP contribution is -2.24. The van der Waals surface area contributed by atoms with Gasteiger partial charge in [-0.05, 0) is 26.1 Å². The Kier molecular flexibility index (Phi) is 11.2. The summed E-state index contributed by atoms with van der Waals surface area (Å²) in [7, 11) is -0.760. The fraction of sp³-hybridized carbons (Fsp3) is 0.857. The van der Waals surface area contributed by atoms with Gasteiger partial charge in [0.1, 0.15) is 6.66 Å². The molecule has 5 nitrogen and oxygen atoms in total. The normalized spacial score (nSPS) is 10.1. The zero-order valence-corrected chi connectivity index (χ0v) is 10.8. The monoisotopic (exact) mass is 243 g/mol. The van der Waals surface area contributed by atoms with Crippen LogP contribution in [0.3, 0.4) is 0 Å². The first-order valence-electron chi connectivity index (χ1n) is 4.25. The summed E-state index contributed by atoms with van der Waals surface area (Å²) in [5.74, 6) is 0. The van der Waals surface area contributed by atoms with Crippen LogP contribution in [0.5, 0.6) is 0 Å². The van der Waals surface area contributed by atoms with Gasteiger partial charge in [0.25, 0.3) is 0 Å². The van der Waals surface area contributed by atoms with Gasteiger partial charge < -0.3 is 11.1 Å². The summed E-state index contributed by atoms with van der Waals surface area (Å²) in [4.78, 5) is 9.18. The first-order chi connectivity index (χ1) is 6.39. The Balaban J connectivity index is 0.